The Morgan fingerprint density at radius 2 is 2.35 bits per heavy atom. The van der Waals surface area contributed by atoms with Gasteiger partial charge in [0, 0.05) is 19.0 Å². The number of nitrogens with zero attached hydrogens (tertiary/aromatic N) is 4. The molecule has 1 aromatic rings. The van der Waals surface area contributed by atoms with Crippen LogP contribution in [0.1, 0.15) is 51.3 Å². The van der Waals surface area contributed by atoms with Crippen LogP contribution in [0.4, 0.5) is 0 Å². The van der Waals surface area contributed by atoms with E-state index >= 15 is 0 Å². The molecule has 1 fully saturated rings. The summed E-state index contributed by atoms with van der Waals surface area (Å²) in [5, 5.41) is 13.1. The Bertz CT molecular complexity index is 433. The first-order valence-electron chi connectivity index (χ1n) is 7.53. The third-order valence-electron chi connectivity index (χ3n) is 3.92. The molecule has 1 aliphatic rings. The van der Waals surface area contributed by atoms with E-state index in [4.69, 9.17) is 5.11 Å². The Labute approximate surface area is 119 Å². The van der Waals surface area contributed by atoms with Gasteiger partial charge < -0.3 is 5.11 Å². The number of carboxylic acid groups (broad SMARTS) is 1. The van der Waals surface area contributed by atoms with Gasteiger partial charge in [-0.25, -0.2) is 9.67 Å². The van der Waals surface area contributed by atoms with Gasteiger partial charge in [0.05, 0.1) is 6.54 Å². The minimum absolute atomic E-state index is 0.253. The average Bonchev–Trinajstić information content (AvgIpc) is 2.85. The number of aliphatic carboxylic acids is 1. The molecule has 1 atom stereocenters. The molecule has 1 unspecified atom stereocenters. The Kier molecular flexibility index (Phi) is 5.52. The summed E-state index contributed by atoms with van der Waals surface area (Å²) >= 11 is 0. The van der Waals surface area contributed by atoms with Gasteiger partial charge in [-0.3, -0.25) is 9.69 Å². The summed E-state index contributed by atoms with van der Waals surface area (Å²) in [6.07, 6.45) is 7.11. The first kappa shape index (κ1) is 15.0. The highest BCUT2D eigenvalue weighted by Gasteiger charge is 2.24. The van der Waals surface area contributed by atoms with Crippen molar-refractivity contribution in [2.24, 2.45) is 0 Å². The van der Waals surface area contributed by atoms with E-state index in [1.807, 2.05) is 4.68 Å². The Morgan fingerprint density at radius 3 is 3.10 bits per heavy atom. The lowest BCUT2D eigenvalue weighted by Crippen LogP contribution is -2.40. The van der Waals surface area contributed by atoms with Crippen LogP contribution in [0, 0.1) is 0 Å². The summed E-state index contributed by atoms with van der Waals surface area (Å²) in [7, 11) is 0. The minimum atomic E-state index is -0.704. The van der Waals surface area contributed by atoms with Crippen molar-refractivity contribution in [1.29, 1.82) is 0 Å². The molecule has 1 aromatic heterocycles. The predicted molar refractivity (Wildman–Crippen MR) is 75.2 cm³/mol. The molecular weight excluding hydrogens is 256 g/mol. The predicted octanol–water partition coefficient (Wildman–Crippen LogP) is 1.91. The molecule has 1 N–H and O–H groups in total. The number of hydrogen-bond donors (Lipinski definition) is 1. The smallest absolute Gasteiger partial charge is 0.303 e. The highest BCUT2D eigenvalue weighted by Crippen LogP contribution is 2.22. The number of likely N-dealkylation sites (tertiary alicyclic amines) is 1. The Hall–Kier alpha value is -1.43. The van der Waals surface area contributed by atoms with Crippen LogP contribution in [0.3, 0.4) is 0 Å². The van der Waals surface area contributed by atoms with Gasteiger partial charge in [0.25, 0.3) is 0 Å². The summed E-state index contributed by atoms with van der Waals surface area (Å²) in [5.41, 5.74) is 0. The van der Waals surface area contributed by atoms with Crippen molar-refractivity contribution in [2.75, 3.05) is 6.54 Å². The van der Waals surface area contributed by atoms with Crippen molar-refractivity contribution < 1.29 is 9.90 Å². The molecule has 0 saturated carbocycles. The zero-order valence-electron chi connectivity index (χ0n) is 12.2. The first-order valence-corrected chi connectivity index (χ1v) is 7.53. The molecule has 20 heavy (non-hydrogen) atoms. The maximum Gasteiger partial charge on any atom is 0.303 e. The molecule has 0 amide bonds. The molecule has 0 spiro atoms. The monoisotopic (exact) mass is 280 g/mol. The van der Waals surface area contributed by atoms with Gasteiger partial charge in [-0.1, -0.05) is 13.3 Å². The second kappa shape index (κ2) is 7.38. The van der Waals surface area contributed by atoms with Crippen LogP contribution in [-0.4, -0.2) is 43.3 Å². The average molecular weight is 280 g/mol. The lowest BCUT2D eigenvalue weighted by atomic mass is 9.98. The number of carbonyl (C=O) groups is 1. The van der Waals surface area contributed by atoms with E-state index in [1.54, 1.807) is 6.33 Å². The van der Waals surface area contributed by atoms with Crippen molar-refractivity contribution >= 4 is 5.97 Å². The number of aryl methyl sites for hydroxylation is 1. The van der Waals surface area contributed by atoms with Crippen LogP contribution in [0.25, 0.3) is 0 Å². The Morgan fingerprint density at radius 1 is 1.50 bits per heavy atom. The third kappa shape index (κ3) is 4.03. The second-order valence-electron chi connectivity index (χ2n) is 5.45. The fourth-order valence-corrected chi connectivity index (χ4v) is 2.88. The summed E-state index contributed by atoms with van der Waals surface area (Å²) in [4.78, 5) is 17.5. The third-order valence-corrected chi connectivity index (χ3v) is 3.92. The van der Waals surface area contributed by atoms with Gasteiger partial charge in [0.1, 0.15) is 12.2 Å². The van der Waals surface area contributed by atoms with Gasteiger partial charge in [-0.05, 0) is 32.2 Å². The number of rotatable bonds is 7. The van der Waals surface area contributed by atoms with Crippen LogP contribution in [0.5, 0.6) is 0 Å². The SMILES string of the molecule is CCCn1ncnc1CN1CCCCC1CCC(=O)O. The standard InChI is InChI=1S/C14H24N4O2/c1-2-8-18-13(15-11-16-18)10-17-9-4-3-5-12(17)6-7-14(19)20/h11-12H,2-10H2,1H3,(H,19,20). The topological polar surface area (TPSA) is 71.2 Å². The van der Waals surface area contributed by atoms with E-state index in [9.17, 15) is 4.79 Å². The molecule has 6 heteroatoms. The van der Waals surface area contributed by atoms with E-state index in [2.05, 4.69) is 21.9 Å². The maximum atomic E-state index is 10.8. The van der Waals surface area contributed by atoms with Crippen LogP contribution < -0.4 is 0 Å². The van der Waals surface area contributed by atoms with E-state index in [0.29, 0.717) is 6.04 Å². The molecule has 2 heterocycles. The zero-order chi connectivity index (χ0) is 14.4. The molecule has 1 saturated heterocycles. The molecule has 0 radical (unpaired) electrons. The van der Waals surface area contributed by atoms with Crippen molar-refractivity contribution in [2.45, 2.75) is 64.6 Å². The van der Waals surface area contributed by atoms with Gasteiger partial charge in [-0.2, -0.15) is 5.10 Å². The van der Waals surface area contributed by atoms with Crippen LogP contribution in [-0.2, 0) is 17.9 Å². The first-order chi connectivity index (χ1) is 9.70. The van der Waals surface area contributed by atoms with E-state index in [-0.39, 0.29) is 6.42 Å². The van der Waals surface area contributed by atoms with E-state index in [1.165, 1.54) is 12.8 Å². The van der Waals surface area contributed by atoms with E-state index in [0.717, 1.165) is 44.7 Å². The fourth-order valence-electron chi connectivity index (χ4n) is 2.88. The van der Waals surface area contributed by atoms with Crippen molar-refractivity contribution in [3.63, 3.8) is 0 Å². The minimum Gasteiger partial charge on any atom is -0.481 e. The maximum absolute atomic E-state index is 10.8. The lowest BCUT2D eigenvalue weighted by molar-refractivity contribution is -0.137. The highest BCUT2D eigenvalue weighted by molar-refractivity contribution is 5.66. The molecule has 2 rings (SSSR count). The molecule has 0 bridgehead atoms. The molecule has 1 aliphatic heterocycles. The second-order valence-corrected chi connectivity index (χ2v) is 5.45. The van der Waals surface area contributed by atoms with Crippen LogP contribution in [0.2, 0.25) is 0 Å². The molecule has 0 aromatic carbocycles. The van der Waals surface area contributed by atoms with Crippen molar-refractivity contribution in [3.8, 4) is 0 Å². The molecule has 0 aliphatic carbocycles. The van der Waals surface area contributed by atoms with Gasteiger partial charge in [0.2, 0.25) is 0 Å². The lowest BCUT2D eigenvalue weighted by Gasteiger charge is -2.35. The number of carboxylic acids is 1. The summed E-state index contributed by atoms with van der Waals surface area (Å²) in [6, 6.07) is 0.367. The molecule has 6 nitrogen and oxygen atoms in total. The Balaban J connectivity index is 1.97. The summed E-state index contributed by atoms with van der Waals surface area (Å²) in [6.45, 7) is 4.83. The molecule has 112 valence electrons. The number of piperidine rings is 1. The van der Waals surface area contributed by atoms with Crippen molar-refractivity contribution in [3.05, 3.63) is 12.2 Å². The largest absolute Gasteiger partial charge is 0.481 e. The number of aromatic nitrogens is 3. The summed E-state index contributed by atoms with van der Waals surface area (Å²) < 4.78 is 1.96. The summed E-state index contributed by atoms with van der Waals surface area (Å²) in [5.74, 6) is 0.291. The van der Waals surface area contributed by atoms with Gasteiger partial charge in [0.15, 0.2) is 0 Å². The van der Waals surface area contributed by atoms with Crippen molar-refractivity contribution in [1.82, 2.24) is 19.7 Å². The fraction of sp³-hybridized carbons (Fsp3) is 0.786. The van der Waals surface area contributed by atoms with Crippen LogP contribution in [0.15, 0.2) is 6.33 Å². The normalized spacial score (nSPS) is 20.1. The quantitative estimate of drug-likeness (QED) is 0.826. The van der Waals surface area contributed by atoms with E-state index < -0.39 is 5.97 Å². The van der Waals surface area contributed by atoms with Crippen LogP contribution >= 0.6 is 0 Å². The zero-order valence-corrected chi connectivity index (χ0v) is 12.2. The number of hydrogen-bond acceptors (Lipinski definition) is 4. The van der Waals surface area contributed by atoms with Gasteiger partial charge in [-0.15, -0.1) is 0 Å². The highest BCUT2D eigenvalue weighted by atomic mass is 16.4. The molecular formula is C14H24N4O2. The van der Waals surface area contributed by atoms with Gasteiger partial charge >= 0.3 is 5.97 Å².